The zero-order chi connectivity index (χ0) is 35.5. The summed E-state index contributed by atoms with van der Waals surface area (Å²) >= 11 is 3.92. The molecule has 0 amide bonds. The Morgan fingerprint density at radius 3 is 1.29 bits per heavy atom. The van der Waals surface area contributed by atoms with Crippen LogP contribution >= 0.6 is 22.7 Å². The van der Waals surface area contributed by atoms with Crippen molar-refractivity contribution in [2.45, 2.75) is 52.4 Å². The standard InChI is InChI=1S/C50H40S2/c1-29-7-16-35(17-8-29)49(36-18-9-30(2)10-19-36)42-28-41-43(27-40(42)47-44(49)26-34(6)51-47)50(37-20-11-31(3)12-21-37,38-22-13-32(4)14-23-38)46-39-24-15-33(5)25-45(39)52-48(41)46/h7-28H,1-6H3. The van der Waals surface area contributed by atoms with E-state index in [1.807, 2.05) is 22.7 Å². The minimum atomic E-state index is -0.472. The monoisotopic (exact) mass is 704 g/mol. The molecule has 252 valence electrons. The van der Waals surface area contributed by atoms with Crippen LogP contribution in [0.5, 0.6) is 0 Å². The maximum atomic E-state index is 2.62. The maximum Gasteiger partial charge on any atom is 0.0728 e. The van der Waals surface area contributed by atoms with E-state index in [4.69, 9.17) is 0 Å². The molecule has 52 heavy (non-hydrogen) atoms. The topological polar surface area (TPSA) is 0 Å². The predicted molar refractivity (Wildman–Crippen MR) is 223 cm³/mol. The Hall–Kier alpha value is -5.02. The van der Waals surface area contributed by atoms with Gasteiger partial charge in [0, 0.05) is 19.3 Å². The summed E-state index contributed by atoms with van der Waals surface area (Å²) in [5.74, 6) is 0. The molecule has 6 aromatic carbocycles. The molecule has 2 aromatic heterocycles. The van der Waals surface area contributed by atoms with Gasteiger partial charge in [0.15, 0.2) is 0 Å². The van der Waals surface area contributed by atoms with Gasteiger partial charge in [0.05, 0.1) is 10.8 Å². The molecule has 0 N–H and O–H groups in total. The first kappa shape index (κ1) is 31.7. The minimum absolute atomic E-state index is 0.432. The van der Waals surface area contributed by atoms with Crippen LogP contribution in [0.3, 0.4) is 0 Å². The van der Waals surface area contributed by atoms with Crippen molar-refractivity contribution >= 4 is 32.8 Å². The molecule has 8 aromatic rings. The van der Waals surface area contributed by atoms with Crippen LogP contribution in [0.1, 0.15) is 77.2 Å². The first-order valence-corrected chi connectivity index (χ1v) is 20.0. The molecule has 10 rings (SSSR count). The van der Waals surface area contributed by atoms with Gasteiger partial charge in [-0.25, -0.2) is 0 Å². The highest BCUT2D eigenvalue weighted by Gasteiger charge is 2.53. The van der Waals surface area contributed by atoms with Crippen LogP contribution in [-0.4, -0.2) is 0 Å². The van der Waals surface area contributed by atoms with E-state index in [9.17, 15) is 0 Å². The van der Waals surface area contributed by atoms with E-state index in [0.29, 0.717) is 0 Å². The summed E-state index contributed by atoms with van der Waals surface area (Å²) in [5, 5.41) is 1.36. The molecular weight excluding hydrogens is 665 g/mol. The van der Waals surface area contributed by atoms with Gasteiger partial charge in [0.2, 0.25) is 0 Å². The van der Waals surface area contributed by atoms with Crippen molar-refractivity contribution in [1.82, 2.24) is 0 Å². The Kier molecular flexibility index (Phi) is 6.85. The quantitative estimate of drug-likeness (QED) is 0.171. The van der Waals surface area contributed by atoms with Gasteiger partial charge < -0.3 is 0 Å². The van der Waals surface area contributed by atoms with E-state index in [2.05, 4.69) is 175 Å². The Morgan fingerprint density at radius 1 is 0.365 bits per heavy atom. The predicted octanol–water partition coefficient (Wildman–Crippen LogP) is 13.5. The number of benzene rings is 6. The Morgan fingerprint density at radius 2 is 0.788 bits per heavy atom. The van der Waals surface area contributed by atoms with E-state index in [1.165, 1.54) is 108 Å². The van der Waals surface area contributed by atoms with E-state index >= 15 is 0 Å². The fourth-order valence-electron chi connectivity index (χ4n) is 9.40. The van der Waals surface area contributed by atoms with Crippen LogP contribution in [0.25, 0.3) is 31.0 Å². The van der Waals surface area contributed by atoms with Gasteiger partial charge in [-0.2, -0.15) is 0 Å². The number of thiophene rings is 2. The average molecular weight is 705 g/mol. The lowest BCUT2D eigenvalue weighted by molar-refractivity contribution is 0.761. The van der Waals surface area contributed by atoms with Crippen molar-refractivity contribution in [1.29, 1.82) is 0 Å². The van der Waals surface area contributed by atoms with Gasteiger partial charge in [-0.15, -0.1) is 22.7 Å². The van der Waals surface area contributed by atoms with Crippen LogP contribution in [0.15, 0.2) is 133 Å². The highest BCUT2D eigenvalue weighted by atomic mass is 32.1. The highest BCUT2D eigenvalue weighted by Crippen LogP contribution is 2.66. The van der Waals surface area contributed by atoms with E-state index in [-0.39, 0.29) is 0 Å². The molecule has 0 atom stereocenters. The molecular formula is C50H40S2. The lowest BCUT2D eigenvalue weighted by Crippen LogP contribution is -2.30. The smallest absolute Gasteiger partial charge is 0.0728 e. The second-order valence-electron chi connectivity index (χ2n) is 15.3. The largest absolute Gasteiger partial charge is 0.140 e. The normalized spacial score (nSPS) is 14.7. The van der Waals surface area contributed by atoms with Crippen molar-refractivity contribution in [2.24, 2.45) is 0 Å². The van der Waals surface area contributed by atoms with Crippen LogP contribution < -0.4 is 0 Å². The molecule has 0 spiro atoms. The number of hydrogen-bond donors (Lipinski definition) is 0. The summed E-state index contributed by atoms with van der Waals surface area (Å²) in [6.45, 7) is 13.3. The first-order valence-electron chi connectivity index (χ1n) is 18.3. The van der Waals surface area contributed by atoms with Gasteiger partial charge in [-0.3, -0.25) is 0 Å². The van der Waals surface area contributed by atoms with E-state index < -0.39 is 10.8 Å². The summed E-state index contributed by atoms with van der Waals surface area (Å²) < 4.78 is 1.36. The Balaban J connectivity index is 1.39. The second-order valence-corrected chi connectivity index (χ2v) is 17.6. The number of rotatable bonds is 4. The van der Waals surface area contributed by atoms with Gasteiger partial charge in [0.25, 0.3) is 0 Å². The molecule has 2 aliphatic carbocycles. The highest BCUT2D eigenvalue weighted by molar-refractivity contribution is 7.22. The molecule has 0 saturated heterocycles. The van der Waals surface area contributed by atoms with Crippen LogP contribution in [0, 0.1) is 41.5 Å². The van der Waals surface area contributed by atoms with Gasteiger partial charge >= 0.3 is 0 Å². The van der Waals surface area contributed by atoms with E-state index in [0.717, 1.165) is 0 Å². The number of fused-ring (bicyclic) bond motifs is 8. The number of aryl methyl sites for hydroxylation is 6. The average Bonchev–Trinajstić information content (AvgIpc) is 3.85. The SMILES string of the molecule is Cc1ccc(C2(c3ccc(C)cc3)c3cc4c(cc3-c3sc(C)cc32)C(c2ccc(C)cc2)(c2ccc(C)cc2)c2c-4sc3cc(C)ccc23)cc1. The second kappa shape index (κ2) is 11.2. The third-order valence-electron chi connectivity index (χ3n) is 11.9. The van der Waals surface area contributed by atoms with Gasteiger partial charge in [0.1, 0.15) is 0 Å². The lowest BCUT2D eigenvalue weighted by atomic mass is 9.65. The van der Waals surface area contributed by atoms with Crippen molar-refractivity contribution in [3.05, 3.63) is 211 Å². The summed E-state index contributed by atoms with van der Waals surface area (Å²) in [6.07, 6.45) is 0. The molecule has 2 heterocycles. The van der Waals surface area contributed by atoms with Gasteiger partial charge in [-0.05, 0) is 132 Å². The third-order valence-corrected chi connectivity index (χ3v) is 14.1. The van der Waals surface area contributed by atoms with Crippen molar-refractivity contribution in [3.63, 3.8) is 0 Å². The van der Waals surface area contributed by atoms with Gasteiger partial charge in [-0.1, -0.05) is 131 Å². The van der Waals surface area contributed by atoms with Crippen molar-refractivity contribution < 1.29 is 0 Å². The fourth-order valence-corrected chi connectivity index (χ4v) is 11.9. The molecule has 0 saturated carbocycles. The molecule has 0 aliphatic heterocycles. The van der Waals surface area contributed by atoms with Crippen molar-refractivity contribution in [3.8, 4) is 20.9 Å². The summed E-state index contributed by atoms with van der Waals surface area (Å²) in [6, 6.07) is 52.3. The maximum absolute atomic E-state index is 2.62. The summed E-state index contributed by atoms with van der Waals surface area (Å²) in [7, 11) is 0. The van der Waals surface area contributed by atoms with E-state index in [1.54, 1.807) is 0 Å². The molecule has 0 unspecified atom stereocenters. The van der Waals surface area contributed by atoms with Crippen LogP contribution in [-0.2, 0) is 10.8 Å². The molecule has 0 nitrogen and oxygen atoms in total. The zero-order valence-corrected chi connectivity index (χ0v) is 32.2. The summed E-state index contributed by atoms with van der Waals surface area (Å²) in [4.78, 5) is 4.14. The Bertz CT molecular complexity index is 2610. The fraction of sp³-hybridized carbons (Fsp3) is 0.160. The van der Waals surface area contributed by atoms with Crippen LogP contribution in [0.2, 0.25) is 0 Å². The van der Waals surface area contributed by atoms with Crippen LogP contribution in [0.4, 0.5) is 0 Å². The zero-order valence-electron chi connectivity index (χ0n) is 30.5. The molecule has 2 heteroatoms. The lowest BCUT2D eigenvalue weighted by Gasteiger charge is -2.36. The molecule has 0 bridgehead atoms. The van der Waals surface area contributed by atoms with Crippen molar-refractivity contribution in [2.75, 3.05) is 0 Å². The molecule has 0 fully saturated rings. The minimum Gasteiger partial charge on any atom is -0.140 e. The molecule has 0 radical (unpaired) electrons. The first-order chi connectivity index (χ1) is 25.2. The Labute approximate surface area is 315 Å². The third kappa shape index (κ3) is 4.20. The number of hydrogen-bond acceptors (Lipinski definition) is 2. The molecule has 2 aliphatic rings. The summed E-state index contributed by atoms with van der Waals surface area (Å²) in [5.41, 5.74) is 19.2.